The average molecular weight is 356 g/mol. The van der Waals surface area contributed by atoms with Crippen molar-refractivity contribution in [2.24, 2.45) is 0 Å². The fourth-order valence-electron chi connectivity index (χ4n) is 2.85. The average Bonchev–Trinajstić information content (AvgIpc) is 2.70. The summed E-state index contributed by atoms with van der Waals surface area (Å²) in [4.78, 5) is 11.2. The van der Waals surface area contributed by atoms with Crippen LogP contribution < -0.4 is 4.90 Å². The third kappa shape index (κ3) is 3.91. The van der Waals surface area contributed by atoms with Crippen LogP contribution in [0.5, 0.6) is 0 Å². The van der Waals surface area contributed by atoms with Crippen molar-refractivity contribution in [3.8, 4) is 11.3 Å². The normalized spacial score (nSPS) is 14.1. The highest BCUT2D eigenvalue weighted by molar-refractivity contribution is 6.34. The lowest BCUT2D eigenvalue weighted by Gasteiger charge is -2.28. The Hall–Kier alpha value is -2.17. The van der Waals surface area contributed by atoms with Crippen molar-refractivity contribution < 1.29 is 4.74 Å². The summed E-state index contributed by atoms with van der Waals surface area (Å²) in [6.45, 7) is 7.44. The number of nitrogens with zero attached hydrogens (tertiary/aromatic N) is 3. The Morgan fingerprint density at radius 2 is 1.76 bits per heavy atom. The maximum atomic E-state index is 6.29. The molecule has 1 saturated heterocycles. The van der Waals surface area contributed by atoms with Crippen molar-refractivity contribution in [2.75, 3.05) is 31.2 Å². The van der Waals surface area contributed by atoms with E-state index in [1.807, 2.05) is 32.0 Å². The number of rotatable bonds is 2. The Labute approximate surface area is 153 Å². The van der Waals surface area contributed by atoms with Crippen LogP contribution in [0.1, 0.15) is 13.8 Å². The number of benzene rings is 1. The Morgan fingerprint density at radius 1 is 1.04 bits per heavy atom. The van der Waals surface area contributed by atoms with Crippen LogP contribution in [-0.2, 0) is 4.74 Å². The third-order valence-electron chi connectivity index (χ3n) is 4.09. The molecule has 1 aromatic carbocycles. The van der Waals surface area contributed by atoms with Crippen LogP contribution in [0.15, 0.2) is 48.7 Å². The van der Waals surface area contributed by atoms with E-state index in [1.54, 1.807) is 6.20 Å². The van der Waals surface area contributed by atoms with Crippen LogP contribution >= 0.6 is 11.6 Å². The molecule has 2 aromatic heterocycles. The van der Waals surface area contributed by atoms with Gasteiger partial charge in [-0.05, 0) is 30.3 Å². The fourth-order valence-corrected chi connectivity index (χ4v) is 3.10. The van der Waals surface area contributed by atoms with Gasteiger partial charge in [-0.15, -0.1) is 0 Å². The van der Waals surface area contributed by atoms with Gasteiger partial charge in [0, 0.05) is 35.9 Å². The van der Waals surface area contributed by atoms with Gasteiger partial charge in [0.15, 0.2) is 0 Å². The van der Waals surface area contributed by atoms with Crippen LogP contribution in [0.2, 0.25) is 5.15 Å². The lowest BCUT2D eigenvalue weighted by Crippen LogP contribution is -2.36. The molecular weight excluding hydrogens is 334 g/mol. The van der Waals surface area contributed by atoms with Gasteiger partial charge in [-0.3, -0.25) is 4.98 Å². The fraction of sp³-hybridized carbons (Fsp3) is 0.300. The van der Waals surface area contributed by atoms with Crippen molar-refractivity contribution in [2.45, 2.75) is 13.8 Å². The molecule has 3 heterocycles. The number of ether oxygens (including phenoxy) is 1. The number of morpholine rings is 1. The van der Waals surface area contributed by atoms with Gasteiger partial charge in [0.25, 0.3) is 0 Å². The second-order valence-electron chi connectivity index (χ2n) is 5.51. The summed E-state index contributed by atoms with van der Waals surface area (Å²) < 4.78 is 5.40. The zero-order valence-corrected chi connectivity index (χ0v) is 15.3. The van der Waals surface area contributed by atoms with Crippen LogP contribution in [0.4, 0.5) is 5.69 Å². The monoisotopic (exact) mass is 355 g/mol. The molecule has 0 unspecified atom stereocenters. The minimum Gasteiger partial charge on any atom is -0.378 e. The number of hydrogen-bond acceptors (Lipinski definition) is 4. The highest BCUT2D eigenvalue weighted by Crippen LogP contribution is 2.28. The van der Waals surface area contributed by atoms with Crippen molar-refractivity contribution >= 4 is 28.2 Å². The molecule has 0 N–H and O–H groups in total. The van der Waals surface area contributed by atoms with Gasteiger partial charge >= 0.3 is 0 Å². The zero-order chi connectivity index (χ0) is 17.6. The number of anilines is 1. The van der Waals surface area contributed by atoms with Crippen LogP contribution in [0.3, 0.4) is 0 Å². The highest BCUT2D eigenvalue weighted by atomic mass is 35.5. The smallest absolute Gasteiger partial charge is 0.139 e. The molecule has 0 atom stereocenters. The van der Waals surface area contributed by atoms with Crippen LogP contribution in [0.25, 0.3) is 22.2 Å². The van der Waals surface area contributed by atoms with Crippen LogP contribution in [0, 0.1) is 0 Å². The second-order valence-corrected chi connectivity index (χ2v) is 5.87. The molecule has 130 valence electrons. The molecule has 0 spiro atoms. The first-order valence-electron chi connectivity index (χ1n) is 8.66. The molecule has 1 aliphatic rings. The minimum atomic E-state index is 0.489. The van der Waals surface area contributed by atoms with E-state index in [0.29, 0.717) is 5.15 Å². The Balaban J connectivity index is 0.000000880. The third-order valence-corrected chi connectivity index (χ3v) is 4.38. The number of aromatic nitrogens is 2. The molecule has 0 amide bonds. The molecule has 1 aliphatic heterocycles. The van der Waals surface area contributed by atoms with E-state index in [9.17, 15) is 0 Å². The van der Waals surface area contributed by atoms with E-state index >= 15 is 0 Å². The predicted molar refractivity (Wildman–Crippen MR) is 104 cm³/mol. The van der Waals surface area contributed by atoms with Crippen molar-refractivity contribution in [3.63, 3.8) is 0 Å². The number of pyridine rings is 2. The predicted octanol–water partition coefficient (Wildman–Crippen LogP) is 4.81. The topological polar surface area (TPSA) is 38.2 Å². The van der Waals surface area contributed by atoms with E-state index in [1.165, 1.54) is 5.69 Å². The van der Waals surface area contributed by atoms with Gasteiger partial charge in [-0.1, -0.05) is 37.6 Å². The summed E-state index contributed by atoms with van der Waals surface area (Å²) in [6, 6.07) is 14.2. The molecule has 0 radical (unpaired) electrons. The summed E-state index contributed by atoms with van der Waals surface area (Å²) in [6.07, 6.45) is 1.77. The lowest BCUT2D eigenvalue weighted by molar-refractivity contribution is 0.122. The molecule has 25 heavy (non-hydrogen) atoms. The number of hydrogen-bond donors (Lipinski definition) is 0. The van der Waals surface area contributed by atoms with Gasteiger partial charge in [0.05, 0.1) is 24.4 Å². The molecule has 4 nitrogen and oxygen atoms in total. The van der Waals surface area contributed by atoms with Crippen molar-refractivity contribution in [3.05, 3.63) is 53.8 Å². The molecule has 5 heteroatoms. The molecule has 3 aromatic rings. The number of fused-ring (bicyclic) bond motifs is 1. The summed E-state index contributed by atoms with van der Waals surface area (Å²) >= 11 is 6.29. The van der Waals surface area contributed by atoms with E-state index in [-0.39, 0.29) is 0 Å². The maximum absolute atomic E-state index is 6.29. The van der Waals surface area contributed by atoms with E-state index in [0.717, 1.165) is 48.5 Å². The van der Waals surface area contributed by atoms with Crippen LogP contribution in [-0.4, -0.2) is 36.3 Å². The largest absolute Gasteiger partial charge is 0.378 e. The van der Waals surface area contributed by atoms with E-state index in [4.69, 9.17) is 16.3 Å². The standard InChI is InChI=1S/C18H16ClN3O.C2H6/c19-18-15-2-1-7-20-17(15)12-16(21-18)13-3-5-14(6-4-13)22-8-10-23-11-9-22;1-2/h1-7,12H,8-11H2;1-2H3. The summed E-state index contributed by atoms with van der Waals surface area (Å²) in [5, 5.41) is 1.37. The lowest BCUT2D eigenvalue weighted by atomic mass is 10.1. The van der Waals surface area contributed by atoms with Gasteiger partial charge in [-0.25, -0.2) is 4.98 Å². The molecule has 4 rings (SSSR count). The Morgan fingerprint density at radius 3 is 2.48 bits per heavy atom. The first-order chi connectivity index (χ1) is 12.3. The number of halogens is 1. The summed E-state index contributed by atoms with van der Waals surface area (Å²) in [5.74, 6) is 0. The Bertz CT molecular complexity index is 830. The second kappa shape index (κ2) is 8.28. The van der Waals surface area contributed by atoms with Gasteiger partial charge in [0.1, 0.15) is 5.15 Å². The van der Waals surface area contributed by atoms with E-state index < -0.39 is 0 Å². The quantitative estimate of drug-likeness (QED) is 0.618. The first kappa shape index (κ1) is 17.6. The zero-order valence-electron chi connectivity index (χ0n) is 14.6. The minimum absolute atomic E-state index is 0.489. The highest BCUT2D eigenvalue weighted by Gasteiger charge is 2.12. The molecule has 0 aliphatic carbocycles. The molecular formula is C20H22ClN3O. The van der Waals surface area contributed by atoms with E-state index in [2.05, 4.69) is 39.1 Å². The van der Waals surface area contributed by atoms with Gasteiger partial charge < -0.3 is 9.64 Å². The van der Waals surface area contributed by atoms with Crippen molar-refractivity contribution in [1.29, 1.82) is 0 Å². The summed E-state index contributed by atoms with van der Waals surface area (Å²) in [7, 11) is 0. The SMILES string of the molecule is CC.Clc1nc(-c2ccc(N3CCOCC3)cc2)cc2ncccc12. The first-order valence-corrected chi connectivity index (χ1v) is 9.03. The van der Waals surface area contributed by atoms with Gasteiger partial charge in [-0.2, -0.15) is 0 Å². The Kier molecular flexibility index (Phi) is 5.84. The van der Waals surface area contributed by atoms with Crippen molar-refractivity contribution in [1.82, 2.24) is 9.97 Å². The maximum Gasteiger partial charge on any atom is 0.139 e. The molecule has 0 bridgehead atoms. The van der Waals surface area contributed by atoms with Gasteiger partial charge in [0.2, 0.25) is 0 Å². The molecule has 0 saturated carbocycles. The summed E-state index contributed by atoms with van der Waals surface area (Å²) in [5.41, 5.74) is 3.95. The molecule has 1 fully saturated rings.